The molecule has 198 valence electrons. The Hall–Kier alpha value is -2.81. The third kappa shape index (κ3) is 3.22. The second-order valence-corrected chi connectivity index (χ2v) is 11.7. The summed E-state index contributed by atoms with van der Waals surface area (Å²) in [6.07, 6.45) is 2.14. The van der Waals surface area contributed by atoms with Gasteiger partial charge in [-0.15, -0.1) is 0 Å². The average molecular weight is 511 g/mol. The van der Waals surface area contributed by atoms with Crippen LogP contribution in [0.2, 0.25) is 0 Å². The second kappa shape index (κ2) is 8.09. The van der Waals surface area contributed by atoms with Crippen molar-refractivity contribution in [3.05, 3.63) is 59.2 Å². The van der Waals surface area contributed by atoms with Crippen molar-refractivity contribution in [2.75, 3.05) is 6.61 Å². The molecule has 5 rings (SSSR count). The number of hydrogen-bond donors (Lipinski definition) is 3. The van der Waals surface area contributed by atoms with Crippen LogP contribution in [0.5, 0.6) is 0 Å². The minimum absolute atomic E-state index is 0.130. The molecule has 0 aliphatic heterocycles. The summed E-state index contributed by atoms with van der Waals surface area (Å²) >= 11 is 0. The SMILES string of the molecule is CC(=O)OC12C(OC(=O)c3ccccc3)C(C)C3(O)C(C=C(CO)CC4(O)C(=O)C(C)=CC43)C1C2(C)C. The van der Waals surface area contributed by atoms with E-state index in [0.29, 0.717) is 16.7 Å². The highest BCUT2D eigenvalue weighted by atomic mass is 16.6. The van der Waals surface area contributed by atoms with Crippen LogP contribution < -0.4 is 0 Å². The lowest BCUT2D eigenvalue weighted by molar-refractivity contribution is -0.219. The number of ether oxygens (including phenoxy) is 2. The van der Waals surface area contributed by atoms with Gasteiger partial charge in [-0.2, -0.15) is 0 Å². The Morgan fingerprint density at radius 1 is 1.11 bits per heavy atom. The Balaban J connectivity index is 1.70. The lowest BCUT2D eigenvalue weighted by atomic mass is 9.59. The minimum Gasteiger partial charge on any atom is -0.454 e. The van der Waals surface area contributed by atoms with Crippen LogP contribution in [0, 0.1) is 29.1 Å². The fourth-order valence-corrected chi connectivity index (χ4v) is 7.82. The van der Waals surface area contributed by atoms with Crippen molar-refractivity contribution in [3.63, 3.8) is 0 Å². The third-order valence-corrected chi connectivity index (χ3v) is 9.51. The zero-order valence-corrected chi connectivity index (χ0v) is 21.7. The summed E-state index contributed by atoms with van der Waals surface area (Å²) < 4.78 is 12.1. The van der Waals surface area contributed by atoms with Crippen molar-refractivity contribution in [2.45, 2.75) is 63.9 Å². The molecule has 0 spiro atoms. The zero-order chi connectivity index (χ0) is 27.1. The van der Waals surface area contributed by atoms with Gasteiger partial charge in [0.05, 0.1) is 17.8 Å². The van der Waals surface area contributed by atoms with Crippen molar-refractivity contribution in [1.29, 1.82) is 0 Å². The Bertz CT molecular complexity index is 1230. The van der Waals surface area contributed by atoms with Crippen LogP contribution in [-0.2, 0) is 19.1 Å². The molecule has 0 heterocycles. The molecule has 8 atom stereocenters. The number of benzene rings is 1. The number of aliphatic hydroxyl groups excluding tert-OH is 1. The van der Waals surface area contributed by atoms with Crippen molar-refractivity contribution in [2.24, 2.45) is 29.1 Å². The quantitative estimate of drug-likeness (QED) is 0.416. The maximum Gasteiger partial charge on any atom is 0.338 e. The normalized spacial score (nSPS) is 41.3. The van der Waals surface area contributed by atoms with E-state index in [0.717, 1.165) is 0 Å². The largest absolute Gasteiger partial charge is 0.454 e. The molecular formula is C29H34O8. The highest BCUT2D eigenvalue weighted by molar-refractivity contribution is 6.04. The lowest BCUT2D eigenvalue weighted by Gasteiger charge is -2.53. The molecule has 2 fully saturated rings. The van der Waals surface area contributed by atoms with E-state index in [2.05, 4.69) is 0 Å². The Morgan fingerprint density at radius 2 is 1.76 bits per heavy atom. The number of carbonyl (C=O) groups excluding carboxylic acids is 3. The smallest absolute Gasteiger partial charge is 0.338 e. The van der Waals surface area contributed by atoms with E-state index in [1.807, 2.05) is 13.8 Å². The second-order valence-electron chi connectivity index (χ2n) is 11.7. The van der Waals surface area contributed by atoms with Crippen LogP contribution in [0.15, 0.2) is 53.6 Å². The molecule has 0 radical (unpaired) electrons. The van der Waals surface area contributed by atoms with Crippen molar-refractivity contribution >= 4 is 17.7 Å². The molecule has 3 N–H and O–H groups in total. The first-order chi connectivity index (χ1) is 17.3. The van der Waals surface area contributed by atoms with Gasteiger partial charge in [-0.05, 0) is 30.2 Å². The highest BCUT2D eigenvalue weighted by Crippen LogP contribution is 2.77. The third-order valence-electron chi connectivity index (χ3n) is 9.51. The standard InChI is InChI=1S/C29H34O8/c1-15-11-21-27(34,23(15)32)13-18(14-30)12-20-22-26(4,5)29(22,37-17(3)31)24(16(2)28(20,21)35)36-25(33)19-9-7-6-8-10-19/h6-12,16,20-22,24,30,34-35H,13-14H2,1-5H3. The van der Waals surface area contributed by atoms with E-state index in [1.54, 1.807) is 56.3 Å². The lowest BCUT2D eigenvalue weighted by Crippen LogP contribution is -2.66. The molecule has 8 nitrogen and oxygen atoms in total. The number of ketones is 1. The number of carbonyl (C=O) groups is 3. The van der Waals surface area contributed by atoms with Gasteiger partial charge in [0.2, 0.25) is 0 Å². The van der Waals surface area contributed by atoms with Crippen molar-refractivity contribution in [3.8, 4) is 0 Å². The van der Waals surface area contributed by atoms with Crippen LogP contribution in [0.4, 0.5) is 0 Å². The molecule has 4 aliphatic carbocycles. The number of esters is 2. The van der Waals surface area contributed by atoms with Crippen molar-refractivity contribution < 1.29 is 39.2 Å². The summed E-state index contributed by atoms with van der Waals surface area (Å²) in [4.78, 5) is 38.9. The van der Waals surface area contributed by atoms with E-state index in [4.69, 9.17) is 9.47 Å². The van der Waals surface area contributed by atoms with Gasteiger partial charge in [-0.3, -0.25) is 9.59 Å². The van der Waals surface area contributed by atoms with Gasteiger partial charge >= 0.3 is 11.9 Å². The van der Waals surface area contributed by atoms with Gasteiger partial charge in [-0.25, -0.2) is 4.79 Å². The fourth-order valence-electron chi connectivity index (χ4n) is 7.82. The van der Waals surface area contributed by atoms with E-state index in [1.165, 1.54) is 6.92 Å². The van der Waals surface area contributed by atoms with Crippen LogP contribution in [-0.4, -0.2) is 62.6 Å². The maximum absolute atomic E-state index is 13.3. The van der Waals surface area contributed by atoms with E-state index >= 15 is 0 Å². The molecule has 1 aromatic carbocycles. The van der Waals surface area contributed by atoms with Crippen LogP contribution in [0.3, 0.4) is 0 Å². The van der Waals surface area contributed by atoms with Gasteiger partial charge < -0.3 is 24.8 Å². The van der Waals surface area contributed by atoms with Crippen LogP contribution in [0.25, 0.3) is 0 Å². The molecule has 2 saturated carbocycles. The highest BCUT2D eigenvalue weighted by Gasteiger charge is 2.87. The average Bonchev–Trinajstić information content (AvgIpc) is 3.27. The van der Waals surface area contributed by atoms with Gasteiger partial charge in [0, 0.05) is 42.4 Å². The number of Topliss-reactive ketones (excluding diaryl/α,β-unsaturated/α-hetero) is 1. The molecule has 0 amide bonds. The Morgan fingerprint density at radius 3 is 2.35 bits per heavy atom. The van der Waals surface area contributed by atoms with Crippen LogP contribution in [0.1, 0.15) is 51.4 Å². The molecule has 0 bridgehead atoms. The summed E-state index contributed by atoms with van der Waals surface area (Å²) in [5.74, 6) is -4.75. The zero-order valence-electron chi connectivity index (χ0n) is 21.7. The van der Waals surface area contributed by atoms with Gasteiger partial charge in [-0.1, -0.05) is 51.1 Å². The Kier molecular flexibility index (Phi) is 5.65. The fraction of sp³-hybridized carbons (Fsp3) is 0.552. The summed E-state index contributed by atoms with van der Waals surface area (Å²) in [5.41, 5.74) is -4.62. The number of aliphatic hydroxyl groups is 3. The number of rotatable bonds is 4. The monoisotopic (exact) mass is 510 g/mol. The minimum atomic E-state index is -1.95. The summed E-state index contributed by atoms with van der Waals surface area (Å²) in [6, 6.07) is 8.42. The van der Waals surface area contributed by atoms with E-state index in [9.17, 15) is 29.7 Å². The molecular weight excluding hydrogens is 476 g/mol. The topological polar surface area (TPSA) is 130 Å². The predicted molar refractivity (Wildman–Crippen MR) is 132 cm³/mol. The van der Waals surface area contributed by atoms with Gasteiger partial charge in [0.1, 0.15) is 11.7 Å². The number of fused-ring (bicyclic) bond motifs is 5. The van der Waals surface area contributed by atoms with Crippen molar-refractivity contribution in [1.82, 2.24) is 0 Å². The first kappa shape index (κ1) is 25.8. The molecule has 8 unspecified atom stereocenters. The Labute approximate surface area is 216 Å². The van der Waals surface area contributed by atoms with E-state index < -0.39 is 76.3 Å². The van der Waals surface area contributed by atoms with Crippen LogP contribution >= 0.6 is 0 Å². The summed E-state index contributed by atoms with van der Waals surface area (Å²) in [7, 11) is 0. The first-order valence-corrected chi connectivity index (χ1v) is 12.7. The summed E-state index contributed by atoms with van der Waals surface area (Å²) in [5, 5.41) is 34.5. The molecule has 0 saturated heterocycles. The van der Waals surface area contributed by atoms with E-state index in [-0.39, 0.29) is 6.42 Å². The molecule has 37 heavy (non-hydrogen) atoms. The molecule has 1 aromatic rings. The van der Waals surface area contributed by atoms with Gasteiger partial charge in [0.15, 0.2) is 11.4 Å². The molecule has 4 aliphatic rings. The molecule has 8 heteroatoms. The predicted octanol–water partition coefficient (Wildman–Crippen LogP) is 2.37. The molecule has 0 aromatic heterocycles. The van der Waals surface area contributed by atoms with Gasteiger partial charge in [0.25, 0.3) is 0 Å². The number of hydrogen-bond acceptors (Lipinski definition) is 8. The maximum atomic E-state index is 13.3. The first-order valence-electron chi connectivity index (χ1n) is 12.7. The summed E-state index contributed by atoms with van der Waals surface area (Å²) in [6.45, 7) is 7.99.